The van der Waals surface area contributed by atoms with Gasteiger partial charge in [-0.15, -0.1) is 0 Å². The molecule has 1 heterocycles. The molecular formula is C15H20N2O4. The number of rotatable bonds is 6. The third kappa shape index (κ3) is 4.66. The van der Waals surface area contributed by atoms with Crippen LogP contribution < -0.4 is 20.1 Å². The highest BCUT2D eigenvalue weighted by Crippen LogP contribution is 2.34. The minimum Gasteiger partial charge on any atom is -0.454 e. The van der Waals surface area contributed by atoms with Gasteiger partial charge in [-0.25, -0.2) is 0 Å². The van der Waals surface area contributed by atoms with Crippen LogP contribution in [0, 0.1) is 5.92 Å². The first-order chi connectivity index (χ1) is 10.0. The zero-order valence-corrected chi connectivity index (χ0v) is 12.3. The molecule has 2 amide bonds. The van der Waals surface area contributed by atoms with Crippen molar-refractivity contribution in [2.75, 3.05) is 18.7 Å². The first kappa shape index (κ1) is 15.2. The average Bonchev–Trinajstić information content (AvgIpc) is 2.85. The lowest BCUT2D eigenvalue weighted by atomic mass is 10.1. The van der Waals surface area contributed by atoms with E-state index in [0.717, 1.165) is 0 Å². The fourth-order valence-electron chi connectivity index (χ4n) is 1.96. The van der Waals surface area contributed by atoms with Crippen molar-refractivity contribution in [2.45, 2.75) is 26.7 Å². The third-order valence-electron chi connectivity index (χ3n) is 2.92. The lowest BCUT2D eigenvalue weighted by Gasteiger charge is -2.08. The van der Waals surface area contributed by atoms with Crippen molar-refractivity contribution < 1.29 is 19.1 Å². The van der Waals surface area contributed by atoms with Crippen molar-refractivity contribution >= 4 is 17.5 Å². The van der Waals surface area contributed by atoms with E-state index < -0.39 is 0 Å². The van der Waals surface area contributed by atoms with Gasteiger partial charge in [0.2, 0.25) is 18.6 Å². The molecule has 0 saturated heterocycles. The van der Waals surface area contributed by atoms with E-state index >= 15 is 0 Å². The van der Waals surface area contributed by atoms with Gasteiger partial charge in [-0.3, -0.25) is 9.59 Å². The van der Waals surface area contributed by atoms with Crippen LogP contribution in [0.4, 0.5) is 5.69 Å². The normalized spacial score (nSPS) is 12.3. The van der Waals surface area contributed by atoms with Gasteiger partial charge in [0.1, 0.15) is 0 Å². The lowest BCUT2D eigenvalue weighted by Crippen LogP contribution is -2.28. The fourth-order valence-corrected chi connectivity index (χ4v) is 1.96. The Balaban J connectivity index is 1.73. The molecule has 0 saturated carbocycles. The maximum absolute atomic E-state index is 11.8. The van der Waals surface area contributed by atoms with Gasteiger partial charge in [0.15, 0.2) is 11.5 Å². The van der Waals surface area contributed by atoms with Gasteiger partial charge in [0, 0.05) is 31.1 Å². The Morgan fingerprint density at radius 2 is 1.95 bits per heavy atom. The Morgan fingerprint density at radius 1 is 1.19 bits per heavy atom. The van der Waals surface area contributed by atoms with Crippen molar-refractivity contribution in [3.05, 3.63) is 18.2 Å². The van der Waals surface area contributed by atoms with Crippen molar-refractivity contribution in [2.24, 2.45) is 5.92 Å². The number of amides is 2. The SMILES string of the molecule is CC(C)CC(=O)NCCC(=O)Nc1ccc2c(c1)OCO2. The number of fused-ring (bicyclic) bond motifs is 1. The van der Waals surface area contributed by atoms with Gasteiger partial charge in [-0.05, 0) is 18.1 Å². The van der Waals surface area contributed by atoms with Crippen LogP contribution in [0.5, 0.6) is 11.5 Å². The van der Waals surface area contributed by atoms with Gasteiger partial charge in [-0.2, -0.15) is 0 Å². The quantitative estimate of drug-likeness (QED) is 0.839. The van der Waals surface area contributed by atoms with Crippen LogP contribution in [-0.2, 0) is 9.59 Å². The second-order valence-electron chi connectivity index (χ2n) is 5.31. The molecule has 1 aliphatic rings. The molecule has 0 spiro atoms. The highest BCUT2D eigenvalue weighted by atomic mass is 16.7. The number of nitrogens with one attached hydrogen (secondary N) is 2. The summed E-state index contributed by atoms with van der Waals surface area (Å²) < 4.78 is 10.4. The molecular weight excluding hydrogens is 272 g/mol. The number of hydrogen-bond acceptors (Lipinski definition) is 4. The summed E-state index contributed by atoms with van der Waals surface area (Å²) in [4.78, 5) is 23.2. The molecule has 0 bridgehead atoms. The molecule has 0 aliphatic carbocycles. The van der Waals surface area contributed by atoms with Crippen LogP contribution in [0.2, 0.25) is 0 Å². The van der Waals surface area contributed by atoms with Crippen LogP contribution in [0.15, 0.2) is 18.2 Å². The van der Waals surface area contributed by atoms with E-state index in [1.807, 2.05) is 13.8 Å². The van der Waals surface area contributed by atoms with Gasteiger partial charge in [0.25, 0.3) is 0 Å². The second-order valence-corrected chi connectivity index (χ2v) is 5.31. The van der Waals surface area contributed by atoms with Gasteiger partial charge >= 0.3 is 0 Å². The number of carbonyl (C=O) groups excluding carboxylic acids is 2. The van der Waals surface area contributed by atoms with Crippen LogP contribution in [-0.4, -0.2) is 25.2 Å². The van der Waals surface area contributed by atoms with E-state index in [1.165, 1.54) is 0 Å². The highest BCUT2D eigenvalue weighted by molar-refractivity contribution is 5.91. The van der Waals surface area contributed by atoms with E-state index in [4.69, 9.17) is 9.47 Å². The Hall–Kier alpha value is -2.24. The minimum absolute atomic E-state index is 0.0270. The van der Waals surface area contributed by atoms with Crippen LogP contribution in [0.1, 0.15) is 26.7 Å². The third-order valence-corrected chi connectivity index (χ3v) is 2.92. The summed E-state index contributed by atoms with van der Waals surface area (Å²) in [7, 11) is 0. The summed E-state index contributed by atoms with van der Waals surface area (Å²) in [5.41, 5.74) is 0.651. The molecule has 0 fully saturated rings. The van der Waals surface area contributed by atoms with E-state index in [1.54, 1.807) is 18.2 Å². The monoisotopic (exact) mass is 292 g/mol. The molecule has 1 aromatic rings. The molecule has 0 unspecified atom stereocenters. The molecule has 6 nitrogen and oxygen atoms in total. The summed E-state index contributed by atoms with van der Waals surface area (Å²) in [6.45, 7) is 4.49. The molecule has 1 aliphatic heterocycles. The van der Waals surface area contributed by atoms with E-state index in [9.17, 15) is 9.59 Å². The zero-order valence-electron chi connectivity index (χ0n) is 12.3. The molecule has 0 aromatic heterocycles. The van der Waals surface area contributed by atoms with Crippen LogP contribution in [0.25, 0.3) is 0 Å². The maximum Gasteiger partial charge on any atom is 0.231 e. The Labute approximate surface area is 123 Å². The van der Waals surface area contributed by atoms with E-state index in [-0.39, 0.29) is 25.0 Å². The molecule has 1 aromatic carbocycles. The van der Waals surface area contributed by atoms with Crippen molar-refractivity contribution in [3.8, 4) is 11.5 Å². The number of benzene rings is 1. The van der Waals surface area contributed by atoms with Crippen molar-refractivity contribution in [3.63, 3.8) is 0 Å². The topological polar surface area (TPSA) is 76.7 Å². The number of hydrogen-bond donors (Lipinski definition) is 2. The van der Waals surface area contributed by atoms with E-state index in [0.29, 0.717) is 36.1 Å². The molecule has 6 heteroatoms. The number of anilines is 1. The van der Waals surface area contributed by atoms with Gasteiger partial charge < -0.3 is 20.1 Å². The first-order valence-electron chi connectivity index (χ1n) is 7.01. The van der Waals surface area contributed by atoms with Gasteiger partial charge in [-0.1, -0.05) is 13.8 Å². The molecule has 2 rings (SSSR count). The highest BCUT2D eigenvalue weighted by Gasteiger charge is 2.14. The predicted molar refractivity (Wildman–Crippen MR) is 78.3 cm³/mol. The minimum atomic E-state index is -0.154. The van der Waals surface area contributed by atoms with Crippen LogP contribution >= 0.6 is 0 Å². The fraction of sp³-hybridized carbons (Fsp3) is 0.467. The Morgan fingerprint density at radius 3 is 2.71 bits per heavy atom. The number of ether oxygens (including phenoxy) is 2. The van der Waals surface area contributed by atoms with Crippen LogP contribution in [0.3, 0.4) is 0 Å². The van der Waals surface area contributed by atoms with Crippen molar-refractivity contribution in [1.82, 2.24) is 5.32 Å². The summed E-state index contributed by atoms with van der Waals surface area (Å²) >= 11 is 0. The van der Waals surface area contributed by atoms with Gasteiger partial charge in [0.05, 0.1) is 0 Å². The maximum atomic E-state index is 11.8. The van der Waals surface area contributed by atoms with Crippen molar-refractivity contribution in [1.29, 1.82) is 0 Å². The summed E-state index contributed by atoms with van der Waals surface area (Å²) in [6, 6.07) is 5.22. The Kier molecular flexibility index (Phi) is 5.03. The zero-order chi connectivity index (χ0) is 15.2. The summed E-state index contributed by atoms with van der Waals surface area (Å²) in [5.74, 6) is 1.43. The standard InChI is InChI=1S/C15H20N2O4/c1-10(2)7-15(19)16-6-5-14(18)17-11-3-4-12-13(8-11)21-9-20-12/h3-4,8,10H,5-7,9H2,1-2H3,(H,16,19)(H,17,18). The van der Waals surface area contributed by atoms with E-state index in [2.05, 4.69) is 10.6 Å². The first-order valence-corrected chi connectivity index (χ1v) is 7.01. The molecule has 21 heavy (non-hydrogen) atoms. The Bertz CT molecular complexity index is 528. The number of carbonyl (C=O) groups is 2. The summed E-state index contributed by atoms with van der Waals surface area (Å²) in [5, 5.41) is 5.49. The molecule has 114 valence electrons. The summed E-state index contributed by atoms with van der Waals surface area (Å²) in [6.07, 6.45) is 0.710. The molecule has 0 atom stereocenters. The predicted octanol–water partition coefficient (Wildman–Crippen LogP) is 1.91. The lowest BCUT2D eigenvalue weighted by molar-refractivity contribution is -0.121. The smallest absolute Gasteiger partial charge is 0.231 e. The average molecular weight is 292 g/mol. The molecule has 2 N–H and O–H groups in total. The molecule has 0 radical (unpaired) electrons. The largest absolute Gasteiger partial charge is 0.454 e. The second kappa shape index (κ2) is 6.97.